The van der Waals surface area contributed by atoms with Gasteiger partial charge in [0.1, 0.15) is 23.4 Å². The molecule has 1 atom stereocenters. The highest BCUT2D eigenvalue weighted by molar-refractivity contribution is 6.01. The lowest BCUT2D eigenvalue weighted by Crippen LogP contribution is -2.45. The summed E-state index contributed by atoms with van der Waals surface area (Å²) in [7, 11) is 6.54. The molecular formula is C44H41N7O7. The number of nitrogens with one attached hydrogen (secondary N) is 1. The van der Waals surface area contributed by atoms with E-state index in [9.17, 15) is 24.0 Å². The summed E-state index contributed by atoms with van der Waals surface area (Å²) in [6.45, 7) is 4.18. The molecule has 0 saturated carbocycles. The number of methoxy groups -OCH3 is 2. The molecule has 0 spiro atoms. The fourth-order valence-corrected chi connectivity index (χ4v) is 8.59. The molecule has 58 heavy (non-hydrogen) atoms. The van der Waals surface area contributed by atoms with Gasteiger partial charge in [0.25, 0.3) is 11.1 Å². The van der Waals surface area contributed by atoms with E-state index >= 15 is 0 Å². The second-order valence-corrected chi connectivity index (χ2v) is 15.3. The van der Waals surface area contributed by atoms with Crippen LogP contribution in [0.25, 0.3) is 54.8 Å². The van der Waals surface area contributed by atoms with E-state index in [0.717, 1.165) is 46.5 Å². The Morgan fingerprint density at radius 2 is 1.59 bits per heavy atom. The number of para-hydroxylation sites is 1. The largest absolute Gasteiger partial charge is 0.496 e. The average Bonchev–Trinajstić information content (AvgIpc) is 3.47. The first-order valence-electron chi connectivity index (χ1n) is 19.1. The van der Waals surface area contributed by atoms with E-state index in [0.29, 0.717) is 50.2 Å². The van der Waals surface area contributed by atoms with Crippen molar-refractivity contribution < 1.29 is 19.1 Å². The van der Waals surface area contributed by atoms with E-state index in [1.54, 1.807) is 62.0 Å². The highest BCUT2D eigenvalue weighted by atomic mass is 16.5. The molecule has 0 bridgehead atoms. The number of imidazole rings is 1. The molecule has 2 aliphatic rings. The smallest absolute Gasteiger partial charge is 0.329 e. The van der Waals surface area contributed by atoms with Gasteiger partial charge in [-0.1, -0.05) is 25.1 Å². The molecule has 2 saturated heterocycles. The van der Waals surface area contributed by atoms with Crippen molar-refractivity contribution in [2.45, 2.75) is 32.4 Å². The van der Waals surface area contributed by atoms with Crippen molar-refractivity contribution in [2.24, 2.45) is 20.0 Å². The quantitative estimate of drug-likeness (QED) is 0.216. The number of anilines is 1. The summed E-state index contributed by atoms with van der Waals surface area (Å²) in [6.07, 6.45) is 5.60. The number of carbonyl (C=O) groups excluding carboxylic acids is 2. The van der Waals surface area contributed by atoms with E-state index in [-0.39, 0.29) is 42.1 Å². The molecule has 4 aromatic heterocycles. The van der Waals surface area contributed by atoms with Gasteiger partial charge in [-0.2, -0.15) is 0 Å². The molecule has 6 heterocycles. The van der Waals surface area contributed by atoms with Crippen molar-refractivity contribution in [3.05, 3.63) is 116 Å². The second kappa shape index (κ2) is 13.9. The van der Waals surface area contributed by atoms with Crippen LogP contribution in [0.4, 0.5) is 5.82 Å². The summed E-state index contributed by atoms with van der Waals surface area (Å²) in [5, 5.41) is 4.85. The molecule has 0 aliphatic carbocycles. The summed E-state index contributed by atoms with van der Waals surface area (Å²) < 4.78 is 18.0. The van der Waals surface area contributed by atoms with Crippen molar-refractivity contribution in [3.63, 3.8) is 0 Å². The molecule has 14 nitrogen and oxygen atoms in total. The third-order valence-electron chi connectivity index (χ3n) is 11.6. The SMILES string of the molecule is COc1cc(-c2cn(C)c(=O)c3cnc(N4CC(C)C4)cc23)cc(OC)c1Cn1ccc2cc(-c3cccc4c3n(C)c(=O)n4C3CCC(=O)NC3=O)ccc2c1=O. The molecular weight excluding hydrogens is 739 g/mol. The first kappa shape index (κ1) is 36.7. The lowest BCUT2D eigenvalue weighted by molar-refractivity contribution is -0.135. The van der Waals surface area contributed by atoms with Gasteiger partial charge >= 0.3 is 5.69 Å². The lowest BCUT2D eigenvalue weighted by atomic mass is 9.98. The second-order valence-electron chi connectivity index (χ2n) is 15.3. The Hall–Kier alpha value is -6.96. The number of hydrogen-bond donors (Lipinski definition) is 1. The van der Waals surface area contributed by atoms with Crippen LogP contribution in [0, 0.1) is 5.92 Å². The van der Waals surface area contributed by atoms with Crippen LogP contribution >= 0.6 is 0 Å². The van der Waals surface area contributed by atoms with Gasteiger partial charge in [-0.05, 0) is 71.3 Å². The number of hydrogen-bond acceptors (Lipinski definition) is 9. The van der Waals surface area contributed by atoms with Crippen LogP contribution in [0.5, 0.6) is 11.5 Å². The standard InChI is InChI=1S/C44H41N7O7/c1-24-20-50(21-24)38-18-30-31(19-45-38)42(54)47(2)22-32(30)27-16-36(57-4)33(37(17-27)58-5)23-49-14-13-26-15-25(9-10-29(26)43(49)55)28-7-6-8-34-40(28)48(3)44(56)51(34)35-11-12-39(52)46-41(35)53/h6-10,13-19,22,24,35H,11-12,20-21,23H2,1-5H3,(H,46,52,53). The zero-order valence-corrected chi connectivity index (χ0v) is 32.7. The van der Waals surface area contributed by atoms with Crippen LogP contribution < -0.4 is 36.5 Å². The Kier molecular flexibility index (Phi) is 8.79. The van der Waals surface area contributed by atoms with Crippen molar-refractivity contribution in [3.8, 4) is 33.8 Å². The van der Waals surface area contributed by atoms with Crippen molar-refractivity contribution in [2.75, 3.05) is 32.2 Å². The molecule has 2 amide bonds. The molecule has 0 radical (unpaired) electrons. The van der Waals surface area contributed by atoms with Gasteiger partial charge in [-0.3, -0.25) is 33.6 Å². The Balaban J connectivity index is 1.08. The van der Waals surface area contributed by atoms with Gasteiger partial charge < -0.3 is 23.5 Å². The number of carbonyl (C=O) groups is 2. The molecule has 7 aromatic rings. The van der Waals surface area contributed by atoms with Crippen LogP contribution in [-0.2, 0) is 30.2 Å². The van der Waals surface area contributed by atoms with Gasteiger partial charge in [-0.15, -0.1) is 0 Å². The average molecular weight is 780 g/mol. The fourth-order valence-electron chi connectivity index (χ4n) is 8.59. The number of ether oxygens (including phenoxy) is 2. The summed E-state index contributed by atoms with van der Waals surface area (Å²) in [4.78, 5) is 72.3. The third-order valence-corrected chi connectivity index (χ3v) is 11.6. The number of amides is 2. The van der Waals surface area contributed by atoms with E-state index < -0.39 is 11.9 Å². The normalized spacial score (nSPS) is 15.9. The molecule has 3 aromatic carbocycles. The Bertz CT molecular complexity index is 3030. The van der Waals surface area contributed by atoms with E-state index in [1.165, 1.54) is 9.13 Å². The number of rotatable bonds is 8. The molecule has 1 N–H and O–H groups in total. The van der Waals surface area contributed by atoms with Gasteiger partial charge in [0.15, 0.2) is 0 Å². The van der Waals surface area contributed by atoms with Crippen molar-refractivity contribution in [1.29, 1.82) is 0 Å². The highest BCUT2D eigenvalue weighted by Gasteiger charge is 2.32. The zero-order valence-electron chi connectivity index (χ0n) is 32.7. The molecule has 2 fully saturated rings. The molecule has 9 rings (SSSR count). The van der Waals surface area contributed by atoms with Crippen LogP contribution in [0.3, 0.4) is 0 Å². The summed E-state index contributed by atoms with van der Waals surface area (Å²) in [5.41, 5.74) is 4.34. The number of imide groups is 1. The van der Waals surface area contributed by atoms with Crippen molar-refractivity contribution >= 4 is 50.2 Å². The summed E-state index contributed by atoms with van der Waals surface area (Å²) >= 11 is 0. The molecule has 2 aliphatic heterocycles. The number of benzene rings is 3. The maximum absolute atomic E-state index is 14.1. The fraction of sp³-hybridized carbons (Fsp3) is 0.273. The minimum absolute atomic E-state index is 0.139. The van der Waals surface area contributed by atoms with E-state index in [4.69, 9.17) is 9.47 Å². The van der Waals surface area contributed by atoms with Crippen molar-refractivity contribution in [1.82, 2.24) is 28.6 Å². The number of nitrogens with zero attached hydrogens (tertiary/aromatic N) is 6. The van der Waals surface area contributed by atoms with Gasteiger partial charge in [0.05, 0.1) is 42.7 Å². The Labute approximate surface area is 331 Å². The van der Waals surface area contributed by atoms with Crippen LogP contribution in [0.15, 0.2) is 93.6 Å². The number of fused-ring (bicyclic) bond motifs is 3. The minimum Gasteiger partial charge on any atom is -0.496 e. The highest BCUT2D eigenvalue weighted by Crippen LogP contribution is 2.39. The van der Waals surface area contributed by atoms with Gasteiger partial charge in [0, 0.05) is 74.1 Å². The van der Waals surface area contributed by atoms with Crippen LogP contribution in [0.1, 0.15) is 31.4 Å². The number of aromatic nitrogens is 5. The van der Waals surface area contributed by atoms with E-state index in [2.05, 4.69) is 22.1 Å². The molecule has 1 unspecified atom stereocenters. The molecule has 14 heteroatoms. The Morgan fingerprint density at radius 3 is 2.29 bits per heavy atom. The van der Waals surface area contributed by atoms with Crippen LogP contribution in [-0.4, -0.2) is 62.4 Å². The first-order valence-corrected chi connectivity index (χ1v) is 19.1. The Morgan fingerprint density at radius 1 is 0.828 bits per heavy atom. The molecule has 294 valence electrons. The first-order chi connectivity index (χ1) is 27.9. The number of aryl methyl sites for hydroxylation is 2. The van der Waals surface area contributed by atoms with Gasteiger partial charge in [0.2, 0.25) is 11.8 Å². The monoisotopic (exact) mass is 779 g/mol. The maximum Gasteiger partial charge on any atom is 0.329 e. The summed E-state index contributed by atoms with van der Waals surface area (Å²) in [6, 6.07) is 17.9. The number of piperidine rings is 1. The minimum atomic E-state index is -0.800. The number of pyridine rings is 3. The van der Waals surface area contributed by atoms with Gasteiger partial charge in [-0.25, -0.2) is 9.78 Å². The third kappa shape index (κ3) is 5.85. The topological polar surface area (TPSA) is 152 Å². The summed E-state index contributed by atoms with van der Waals surface area (Å²) in [5.74, 6) is 1.61. The van der Waals surface area contributed by atoms with Crippen LogP contribution in [0.2, 0.25) is 0 Å². The maximum atomic E-state index is 14.1. The zero-order chi connectivity index (χ0) is 40.6. The lowest BCUT2D eigenvalue weighted by Gasteiger charge is -2.38. The van der Waals surface area contributed by atoms with E-state index in [1.807, 2.05) is 54.7 Å². The predicted molar refractivity (Wildman–Crippen MR) is 222 cm³/mol. The predicted octanol–water partition coefficient (Wildman–Crippen LogP) is 4.74.